The van der Waals surface area contributed by atoms with Crippen LogP contribution in [0.2, 0.25) is 5.02 Å². The number of aliphatic hydroxyl groups is 1. The van der Waals surface area contributed by atoms with Crippen LogP contribution < -0.4 is 10.5 Å². The van der Waals surface area contributed by atoms with Crippen LogP contribution in [-0.2, 0) is 0 Å². The number of nitrogens with two attached hydrogens (primary N) is 1. The van der Waals surface area contributed by atoms with Gasteiger partial charge in [0, 0.05) is 11.6 Å². The van der Waals surface area contributed by atoms with E-state index in [4.69, 9.17) is 22.1 Å². The minimum atomic E-state index is -0.631. The lowest BCUT2D eigenvalue weighted by molar-refractivity contribution is 0.114. The van der Waals surface area contributed by atoms with Crippen LogP contribution in [0.15, 0.2) is 18.2 Å². The zero-order valence-electron chi connectivity index (χ0n) is 8.03. The molecule has 0 bridgehead atoms. The first-order chi connectivity index (χ1) is 6.63. The van der Waals surface area contributed by atoms with E-state index in [1.807, 2.05) is 13.0 Å². The van der Waals surface area contributed by atoms with Gasteiger partial charge in [-0.15, -0.1) is 0 Å². The highest BCUT2D eigenvalue weighted by Crippen LogP contribution is 2.22. The lowest BCUT2D eigenvalue weighted by atomic mass is 10.2. The summed E-state index contributed by atoms with van der Waals surface area (Å²) in [5.74, 6) is 0.685. The highest BCUT2D eigenvalue weighted by molar-refractivity contribution is 6.30. The maximum absolute atomic E-state index is 9.20. The number of halogens is 1. The predicted molar refractivity (Wildman–Crippen MR) is 56.7 cm³/mol. The molecular formula is C10H14ClNO2. The molecule has 0 heterocycles. The van der Waals surface area contributed by atoms with Crippen molar-refractivity contribution in [3.63, 3.8) is 0 Å². The average Bonchev–Trinajstić information content (AvgIpc) is 2.19. The fourth-order valence-corrected chi connectivity index (χ4v) is 1.15. The Balaban J connectivity index is 2.62. The summed E-state index contributed by atoms with van der Waals surface area (Å²) in [4.78, 5) is 0. The van der Waals surface area contributed by atoms with E-state index >= 15 is 0 Å². The van der Waals surface area contributed by atoms with Crippen molar-refractivity contribution in [2.75, 3.05) is 13.2 Å². The van der Waals surface area contributed by atoms with Gasteiger partial charge >= 0.3 is 0 Å². The van der Waals surface area contributed by atoms with E-state index in [0.717, 1.165) is 5.56 Å². The van der Waals surface area contributed by atoms with Crippen molar-refractivity contribution in [1.82, 2.24) is 0 Å². The third-order valence-corrected chi connectivity index (χ3v) is 2.09. The van der Waals surface area contributed by atoms with Gasteiger partial charge in [-0.3, -0.25) is 0 Å². The Labute approximate surface area is 88.4 Å². The fraction of sp³-hybridized carbons (Fsp3) is 0.400. The minimum Gasteiger partial charge on any atom is -0.491 e. The number of hydrogen-bond donors (Lipinski definition) is 2. The average molecular weight is 216 g/mol. The molecule has 0 saturated carbocycles. The maximum Gasteiger partial charge on any atom is 0.123 e. The summed E-state index contributed by atoms with van der Waals surface area (Å²) in [7, 11) is 0. The van der Waals surface area contributed by atoms with E-state index < -0.39 is 6.10 Å². The molecule has 0 saturated heterocycles. The Morgan fingerprint density at radius 1 is 1.57 bits per heavy atom. The molecular weight excluding hydrogens is 202 g/mol. The lowest BCUT2D eigenvalue weighted by Crippen LogP contribution is -2.26. The lowest BCUT2D eigenvalue weighted by Gasteiger charge is -2.12. The molecule has 1 unspecified atom stereocenters. The Bertz CT molecular complexity index is 304. The third-order valence-electron chi connectivity index (χ3n) is 1.85. The molecule has 0 aromatic heterocycles. The van der Waals surface area contributed by atoms with Crippen LogP contribution in [0.5, 0.6) is 5.75 Å². The Morgan fingerprint density at radius 3 is 2.93 bits per heavy atom. The summed E-state index contributed by atoms with van der Waals surface area (Å²) in [5, 5.41) is 9.81. The molecule has 0 spiro atoms. The van der Waals surface area contributed by atoms with Gasteiger partial charge in [0.25, 0.3) is 0 Å². The van der Waals surface area contributed by atoms with E-state index in [-0.39, 0.29) is 13.2 Å². The Morgan fingerprint density at radius 2 is 2.29 bits per heavy atom. The standard InChI is InChI=1S/C10H14ClNO2/c1-7-2-3-8(11)4-10(7)14-6-9(13)5-12/h2-4,9,13H,5-6,12H2,1H3. The monoisotopic (exact) mass is 215 g/mol. The number of rotatable bonds is 4. The summed E-state index contributed by atoms with van der Waals surface area (Å²) in [6.45, 7) is 2.30. The summed E-state index contributed by atoms with van der Waals surface area (Å²) >= 11 is 5.80. The summed E-state index contributed by atoms with van der Waals surface area (Å²) in [6.07, 6.45) is -0.631. The first-order valence-corrected chi connectivity index (χ1v) is 4.78. The van der Waals surface area contributed by atoms with Crippen molar-refractivity contribution in [3.8, 4) is 5.75 Å². The molecule has 1 rings (SSSR count). The number of aliphatic hydroxyl groups excluding tert-OH is 1. The first-order valence-electron chi connectivity index (χ1n) is 4.40. The van der Waals surface area contributed by atoms with Gasteiger partial charge in [0.2, 0.25) is 0 Å². The van der Waals surface area contributed by atoms with Gasteiger partial charge in [0.15, 0.2) is 0 Å². The summed E-state index contributed by atoms with van der Waals surface area (Å²) in [6, 6.07) is 5.38. The predicted octanol–water partition coefficient (Wildman–Crippen LogP) is 1.35. The van der Waals surface area contributed by atoms with Crippen LogP contribution in [-0.4, -0.2) is 24.4 Å². The van der Waals surface area contributed by atoms with Gasteiger partial charge in [0.05, 0.1) is 0 Å². The van der Waals surface area contributed by atoms with Gasteiger partial charge < -0.3 is 15.6 Å². The fourth-order valence-electron chi connectivity index (χ4n) is 0.983. The summed E-state index contributed by atoms with van der Waals surface area (Å²) < 4.78 is 5.36. The first kappa shape index (κ1) is 11.3. The smallest absolute Gasteiger partial charge is 0.123 e. The minimum absolute atomic E-state index is 0.192. The van der Waals surface area contributed by atoms with Crippen molar-refractivity contribution in [1.29, 1.82) is 0 Å². The van der Waals surface area contributed by atoms with Crippen LogP contribution in [0, 0.1) is 6.92 Å². The SMILES string of the molecule is Cc1ccc(Cl)cc1OCC(O)CN. The zero-order valence-corrected chi connectivity index (χ0v) is 8.79. The number of benzene rings is 1. The number of hydrogen-bond acceptors (Lipinski definition) is 3. The maximum atomic E-state index is 9.20. The van der Waals surface area contributed by atoms with Crippen LogP contribution in [0.1, 0.15) is 5.56 Å². The van der Waals surface area contributed by atoms with Crippen molar-refractivity contribution in [2.45, 2.75) is 13.0 Å². The van der Waals surface area contributed by atoms with Crippen LogP contribution >= 0.6 is 11.6 Å². The van der Waals surface area contributed by atoms with Crippen molar-refractivity contribution >= 4 is 11.6 Å². The summed E-state index contributed by atoms with van der Waals surface area (Å²) in [5.41, 5.74) is 6.23. The molecule has 14 heavy (non-hydrogen) atoms. The molecule has 4 heteroatoms. The van der Waals surface area contributed by atoms with E-state index in [1.165, 1.54) is 0 Å². The molecule has 1 aromatic carbocycles. The molecule has 0 radical (unpaired) electrons. The van der Waals surface area contributed by atoms with Crippen molar-refractivity contribution < 1.29 is 9.84 Å². The van der Waals surface area contributed by atoms with E-state index in [1.54, 1.807) is 12.1 Å². The van der Waals surface area contributed by atoms with E-state index in [0.29, 0.717) is 10.8 Å². The molecule has 1 atom stereocenters. The molecule has 0 fully saturated rings. The van der Waals surface area contributed by atoms with Crippen molar-refractivity contribution in [3.05, 3.63) is 28.8 Å². The second-order valence-electron chi connectivity index (χ2n) is 3.11. The Kier molecular flexibility index (Phi) is 4.20. The van der Waals surface area contributed by atoms with Crippen LogP contribution in [0.4, 0.5) is 0 Å². The molecule has 3 nitrogen and oxygen atoms in total. The van der Waals surface area contributed by atoms with Gasteiger partial charge in [-0.25, -0.2) is 0 Å². The van der Waals surface area contributed by atoms with Crippen molar-refractivity contribution in [2.24, 2.45) is 5.73 Å². The molecule has 0 aliphatic rings. The largest absolute Gasteiger partial charge is 0.491 e. The number of ether oxygens (including phenoxy) is 1. The normalized spacial score (nSPS) is 12.6. The third kappa shape index (κ3) is 3.18. The second-order valence-corrected chi connectivity index (χ2v) is 3.55. The second kappa shape index (κ2) is 5.20. The van der Waals surface area contributed by atoms with E-state index in [2.05, 4.69) is 0 Å². The number of aryl methyl sites for hydroxylation is 1. The molecule has 0 amide bonds. The quantitative estimate of drug-likeness (QED) is 0.797. The van der Waals surface area contributed by atoms with Gasteiger partial charge in [-0.2, -0.15) is 0 Å². The van der Waals surface area contributed by atoms with E-state index in [9.17, 15) is 5.11 Å². The molecule has 3 N–H and O–H groups in total. The highest BCUT2D eigenvalue weighted by atomic mass is 35.5. The molecule has 0 aliphatic carbocycles. The van der Waals surface area contributed by atoms with Gasteiger partial charge in [-0.1, -0.05) is 17.7 Å². The Hall–Kier alpha value is -0.770. The van der Waals surface area contributed by atoms with Gasteiger partial charge in [-0.05, 0) is 24.6 Å². The van der Waals surface area contributed by atoms with Crippen LogP contribution in [0.3, 0.4) is 0 Å². The molecule has 78 valence electrons. The van der Waals surface area contributed by atoms with Gasteiger partial charge in [0.1, 0.15) is 18.5 Å². The molecule has 1 aromatic rings. The zero-order chi connectivity index (χ0) is 10.6. The topological polar surface area (TPSA) is 55.5 Å². The highest BCUT2D eigenvalue weighted by Gasteiger charge is 2.04. The molecule has 0 aliphatic heterocycles. The van der Waals surface area contributed by atoms with Crippen LogP contribution in [0.25, 0.3) is 0 Å².